The van der Waals surface area contributed by atoms with Crippen LogP contribution in [0.1, 0.15) is 28.2 Å². The van der Waals surface area contributed by atoms with Crippen LogP contribution >= 0.6 is 0 Å². The number of amides is 1. The minimum Gasteiger partial charge on any atom is -0.394 e. The summed E-state index contributed by atoms with van der Waals surface area (Å²) in [5.74, 6) is -0.347. The van der Waals surface area contributed by atoms with Crippen molar-refractivity contribution in [3.05, 3.63) is 17.0 Å². The maximum absolute atomic E-state index is 12.3. The number of hydrogen-bond acceptors (Lipinski definition) is 6. The lowest BCUT2D eigenvalue weighted by Gasteiger charge is -2.34. The molecule has 8 nitrogen and oxygen atoms in total. The quantitative estimate of drug-likeness (QED) is 0.552. The zero-order chi connectivity index (χ0) is 14.8. The van der Waals surface area contributed by atoms with Crippen molar-refractivity contribution in [2.75, 3.05) is 19.8 Å². The van der Waals surface area contributed by atoms with Crippen molar-refractivity contribution in [1.29, 1.82) is 0 Å². The van der Waals surface area contributed by atoms with Gasteiger partial charge in [0.1, 0.15) is 12.2 Å². The molecule has 1 fully saturated rings. The molecule has 1 amide bonds. The van der Waals surface area contributed by atoms with E-state index in [1.54, 1.807) is 0 Å². The molecule has 8 heteroatoms. The fourth-order valence-corrected chi connectivity index (χ4v) is 2.73. The number of aromatic amines is 1. The molecular formula is C13H19N3O5. The maximum Gasteiger partial charge on any atom is 0.272 e. The largest absolute Gasteiger partial charge is 0.394 e. The van der Waals surface area contributed by atoms with E-state index in [0.717, 1.165) is 11.3 Å². The monoisotopic (exact) mass is 297 g/mol. The summed E-state index contributed by atoms with van der Waals surface area (Å²) in [6.07, 6.45) is -0.395. The predicted molar refractivity (Wildman–Crippen MR) is 70.7 cm³/mol. The predicted octanol–water partition coefficient (Wildman–Crippen LogP) is -1.28. The minimum absolute atomic E-state index is 0.279. The van der Waals surface area contributed by atoms with Gasteiger partial charge in [0.25, 0.3) is 5.91 Å². The Morgan fingerprint density at radius 2 is 2.33 bits per heavy atom. The summed E-state index contributed by atoms with van der Waals surface area (Å²) in [6.45, 7) is 1.09. The normalized spacial score (nSPS) is 29.0. The first-order valence-electron chi connectivity index (χ1n) is 7.06. The van der Waals surface area contributed by atoms with E-state index in [2.05, 4.69) is 15.5 Å². The second-order valence-electron chi connectivity index (χ2n) is 5.28. The van der Waals surface area contributed by atoms with Crippen LogP contribution in [0.5, 0.6) is 0 Å². The average molecular weight is 297 g/mol. The van der Waals surface area contributed by atoms with Gasteiger partial charge < -0.3 is 25.0 Å². The zero-order valence-electron chi connectivity index (χ0n) is 11.5. The van der Waals surface area contributed by atoms with Gasteiger partial charge in [0, 0.05) is 24.3 Å². The van der Waals surface area contributed by atoms with Crippen LogP contribution in [0.4, 0.5) is 0 Å². The van der Waals surface area contributed by atoms with E-state index in [-0.39, 0.29) is 12.5 Å². The Morgan fingerprint density at radius 1 is 1.48 bits per heavy atom. The molecule has 0 aliphatic carbocycles. The van der Waals surface area contributed by atoms with E-state index in [1.165, 1.54) is 0 Å². The number of aliphatic hydroxyl groups excluding tert-OH is 2. The van der Waals surface area contributed by atoms with Crippen molar-refractivity contribution in [2.45, 2.75) is 37.7 Å². The summed E-state index contributed by atoms with van der Waals surface area (Å²) in [4.78, 5) is 12.3. The van der Waals surface area contributed by atoms with Gasteiger partial charge in [0.15, 0.2) is 5.69 Å². The number of aromatic nitrogens is 2. The smallest absolute Gasteiger partial charge is 0.272 e. The first-order valence-corrected chi connectivity index (χ1v) is 7.06. The SMILES string of the molecule is O=C(N[C@H]1CCO[C@H](CO)[C@H]1O)c1n[nH]c2c1COCC2. The summed E-state index contributed by atoms with van der Waals surface area (Å²) in [7, 11) is 0. The number of carbonyl (C=O) groups excluding carboxylic acids is 1. The van der Waals surface area contributed by atoms with Gasteiger partial charge >= 0.3 is 0 Å². The van der Waals surface area contributed by atoms with E-state index in [9.17, 15) is 9.90 Å². The van der Waals surface area contributed by atoms with Crippen molar-refractivity contribution in [1.82, 2.24) is 15.5 Å². The molecule has 0 spiro atoms. The molecule has 21 heavy (non-hydrogen) atoms. The second kappa shape index (κ2) is 6.10. The van der Waals surface area contributed by atoms with Crippen molar-refractivity contribution < 1.29 is 24.5 Å². The molecule has 0 saturated carbocycles. The molecule has 4 N–H and O–H groups in total. The first kappa shape index (κ1) is 14.5. The van der Waals surface area contributed by atoms with Gasteiger partial charge in [-0.05, 0) is 6.42 Å². The third-order valence-corrected chi connectivity index (χ3v) is 3.96. The number of ether oxygens (including phenoxy) is 2. The number of fused-ring (bicyclic) bond motifs is 1. The van der Waals surface area contributed by atoms with Gasteiger partial charge in [-0.2, -0.15) is 5.10 Å². The number of hydrogen-bond donors (Lipinski definition) is 4. The highest BCUT2D eigenvalue weighted by molar-refractivity contribution is 5.94. The molecule has 2 aliphatic rings. The summed E-state index contributed by atoms with van der Waals surface area (Å²) >= 11 is 0. The van der Waals surface area contributed by atoms with Crippen LogP contribution in [-0.2, 0) is 22.5 Å². The Bertz CT molecular complexity index is 518. The van der Waals surface area contributed by atoms with Crippen molar-refractivity contribution in [3.63, 3.8) is 0 Å². The van der Waals surface area contributed by atoms with E-state index in [1.807, 2.05) is 0 Å². The minimum atomic E-state index is -0.932. The van der Waals surface area contributed by atoms with Gasteiger partial charge in [-0.1, -0.05) is 0 Å². The molecular weight excluding hydrogens is 278 g/mol. The molecule has 116 valence electrons. The topological polar surface area (TPSA) is 117 Å². The van der Waals surface area contributed by atoms with Crippen LogP contribution in [0, 0.1) is 0 Å². The second-order valence-corrected chi connectivity index (χ2v) is 5.28. The molecule has 0 unspecified atom stereocenters. The van der Waals surface area contributed by atoms with E-state index in [4.69, 9.17) is 14.6 Å². The highest BCUT2D eigenvalue weighted by Gasteiger charge is 2.34. The molecule has 3 rings (SSSR count). The first-order chi connectivity index (χ1) is 10.2. The number of aliphatic hydroxyl groups is 2. The summed E-state index contributed by atoms with van der Waals surface area (Å²) < 4.78 is 10.6. The standard InChI is InChI=1S/C13H19N3O5/c17-5-10-12(18)9(2-4-21-10)14-13(19)11-7-6-20-3-1-8(7)15-16-11/h9-10,12,17-18H,1-6H2,(H,14,19)(H,15,16)/t9-,10+,12-/m0/s1. The Labute approximate surface area is 121 Å². The average Bonchev–Trinajstić information content (AvgIpc) is 2.93. The molecule has 1 aromatic heterocycles. The number of H-pyrrole nitrogens is 1. The Balaban J connectivity index is 1.70. The van der Waals surface area contributed by atoms with Crippen LogP contribution in [0.15, 0.2) is 0 Å². The highest BCUT2D eigenvalue weighted by atomic mass is 16.5. The zero-order valence-corrected chi connectivity index (χ0v) is 11.5. The molecule has 0 radical (unpaired) electrons. The number of nitrogens with zero attached hydrogens (tertiary/aromatic N) is 1. The van der Waals surface area contributed by atoms with Crippen molar-refractivity contribution in [2.24, 2.45) is 0 Å². The van der Waals surface area contributed by atoms with Crippen LogP contribution in [-0.4, -0.2) is 64.4 Å². The van der Waals surface area contributed by atoms with E-state index < -0.39 is 18.2 Å². The lowest BCUT2D eigenvalue weighted by Crippen LogP contribution is -2.54. The summed E-state index contributed by atoms with van der Waals surface area (Å²) in [6, 6.07) is -0.458. The highest BCUT2D eigenvalue weighted by Crippen LogP contribution is 2.19. The van der Waals surface area contributed by atoms with Crippen LogP contribution in [0.3, 0.4) is 0 Å². The van der Waals surface area contributed by atoms with Crippen LogP contribution in [0.25, 0.3) is 0 Å². The number of rotatable bonds is 3. The number of nitrogens with one attached hydrogen (secondary N) is 2. The summed E-state index contributed by atoms with van der Waals surface area (Å²) in [5.41, 5.74) is 2.01. The fourth-order valence-electron chi connectivity index (χ4n) is 2.73. The molecule has 1 saturated heterocycles. The molecule has 3 atom stereocenters. The molecule has 3 heterocycles. The van der Waals surface area contributed by atoms with Gasteiger partial charge in [-0.15, -0.1) is 0 Å². The van der Waals surface area contributed by atoms with E-state index in [0.29, 0.717) is 38.4 Å². The number of carbonyl (C=O) groups is 1. The van der Waals surface area contributed by atoms with Gasteiger partial charge in [0.05, 0.1) is 25.9 Å². The van der Waals surface area contributed by atoms with Crippen molar-refractivity contribution in [3.8, 4) is 0 Å². The van der Waals surface area contributed by atoms with Gasteiger partial charge in [-0.25, -0.2) is 0 Å². The Kier molecular flexibility index (Phi) is 4.20. The van der Waals surface area contributed by atoms with Crippen LogP contribution in [0.2, 0.25) is 0 Å². The third kappa shape index (κ3) is 2.80. The molecule has 1 aromatic rings. The van der Waals surface area contributed by atoms with Gasteiger partial charge in [-0.3, -0.25) is 9.89 Å². The fraction of sp³-hybridized carbons (Fsp3) is 0.692. The van der Waals surface area contributed by atoms with E-state index >= 15 is 0 Å². The molecule has 0 aromatic carbocycles. The Hall–Kier alpha value is -1.48. The van der Waals surface area contributed by atoms with Crippen molar-refractivity contribution >= 4 is 5.91 Å². The molecule has 0 bridgehead atoms. The maximum atomic E-state index is 12.3. The lowest BCUT2D eigenvalue weighted by atomic mass is 9.99. The summed E-state index contributed by atoms with van der Waals surface area (Å²) in [5, 5.41) is 28.9. The lowest BCUT2D eigenvalue weighted by molar-refractivity contribution is -0.107. The third-order valence-electron chi connectivity index (χ3n) is 3.96. The molecule has 2 aliphatic heterocycles. The van der Waals surface area contributed by atoms with Crippen LogP contribution < -0.4 is 5.32 Å². The van der Waals surface area contributed by atoms with Gasteiger partial charge in [0.2, 0.25) is 0 Å². The Morgan fingerprint density at radius 3 is 3.14 bits per heavy atom.